The van der Waals surface area contributed by atoms with Crippen molar-refractivity contribution in [3.05, 3.63) is 23.3 Å². The Labute approximate surface area is 105 Å². The van der Waals surface area contributed by atoms with Gasteiger partial charge in [-0.25, -0.2) is 10.9 Å². The van der Waals surface area contributed by atoms with Crippen molar-refractivity contribution in [2.75, 3.05) is 26.3 Å². The highest BCUT2D eigenvalue weighted by Crippen LogP contribution is 2.47. The highest BCUT2D eigenvalue weighted by molar-refractivity contribution is 6.06. The maximum Gasteiger partial charge on any atom is 0.306 e. The number of hydrazine groups is 1. The van der Waals surface area contributed by atoms with Crippen LogP contribution in [-0.4, -0.2) is 27.2 Å². The molecule has 1 aliphatic rings. The standard InChI is InChI=1S/C12H16N2O4/c1-7-5-8-10(9(6-7)16-2)12(17-3,18-4)11(15)14(8)13/h5-6H,13H2,1-4H3. The lowest BCUT2D eigenvalue weighted by atomic mass is 10.0. The van der Waals surface area contributed by atoms with E-state index < -0.39 is 11.7 Å². The zero-order valence-corrected chi connectivity index (χ0v) is 10.8. The number of methoxy groups -OCH3 is 3. The van der Waals surface area contributed by atoms with E-state index in [-0.39, 0.29) is 0 Å². The van der Waals surface area contributed by atoms with Crippen molar-refractivity contribution in [3.63, 3.8) is 0 Å². The van der Waals surface area contributed by atoms with Gasteiger partial charge in [0.25, 0.3) is 5.79 Å². The number of carbonyl (C=O) groups excluding carboxylic acids is 1. The summed E-state index contributed by atoms with van der Waals surface area (Å²) in [5.41, 5.74) is 1.95. The van der Waals surface area contributed by atoms with E-state index in [1.54, 1.807) is 12.1 Å². The van der Waals surface area contributed by atoms with Gasteiger partial charge in [0.1, 0.15) is 5.75 Å². The van der Waals surface area contributed by atoms with Gasteiger partial charge >= 0.3 is 5.91 Å². The SMILES string of the molecule is COc1cc(C)cc2c1C(OC)(OC)C(=O)N2N. The highest BCUT2D eigenvalue weighted by atomic mass is 16.7. The summed E-state index contributed by atoms with van der Waals surface area (Å²) in [6, 6.07) is 3.59. The summed E-state index contributed by atoms with van der Waals surface area (Å²) in [5.74, 6) is 4.27. The number of fused-ring (bicyclic) bond motifs is 1. The summed E-state index contributed by atoms with van der Waals surface area (Å²) in [5, 5.41) is 1.03. The van der Waals surface area contributed by atoms with Crippen LogP contribution in [0.1, 0.15) is 11.1 Å². The number of aryl methyl sites for hydroxylation is 1. The number of carbonyl (C=O) groups is 1. The average molecular weight is 252 g/mol. The van der Waals surface area contributed by atoms with Crippen molar-refractivity contribution in [3.8, 4) is 5.75 Å². The molecule has 98 valence electrons. The predicted octanol–water partition coefficient (Wildman–Crippen LogP) is 0.670. The highest BCUT2D eigenvalue weighted by Gasteiger charge is 2.54. The fourth-order valence-electron chi connectivity index (χ4n) is 2.25. The van der Waals surface area contributed by atoms with Gasteiger partial charge in [-0.3, -0.25) is 4.79 Å². The van der Waals surface area contributed by atoms with E-state index in [1.165, 1.54) is 21.3 Å². The van der Waals surface area contributed by atoms with Crippen molar-refractivity contribution in [2.45, 2.75) is 12.7 Å². The molecule has 0 spiro atoms. The first-order chi connectivity index (χ1) is 8.51. The molecule has 0 radical (unpaired) electrons. The molecule has 18 heavy (non-hydrogen) atoms. The Morgan fingerprint density at radius 2 is 1.83 bits per heavy atom. The van der Waals surface area contributed by atoms with Crippen LogP contribution >= 0.6 is 0 Å². The van der Waals surface area contributed by atoms with Crippen molar-refractivity contribution in [2.24, 2.45) is 5.84 Å². The normalized spacial score (nSPS) is 16.9. The van der Waals surface area contributed by atoms with E-state index in [1.807, 2.05) is 6.92 Å². The zero-order chi connectivity index (χ0) is 13.5. The first kappa shape index (κ1) is 12.8. The molecule has 0 aromatic heterocycles. The Balaban J connectivity index is 2.77. The van der Waals surface area contributed by atoms with Crippen LogP contribution in [0.5, 0.6) is 5.75 Å². The van der Waals surface area contributed by atoms with Gasteiger partial charge in [-0.15, -0.1) is 0 Å². The second-order valence-electron chi connectivity index (χ2n) is 4.06. The van der Waals surface area contributed by atoms with E-state index in [0.29, 0.717) is 17.0 Å². The van der Waals surface area contributed by atoms with E-state index in [4.69, 9.17) is 20.1 Å². The third kappa shape index (κ3) is 1.43. The summed E-state index contributed by atoms with van der Waals surface area (Å²) >= 11 is 0. The summed E-state index contributed by atoms with van der Waals surface area (Å²) in [6.07, 6.45) is 0. The minimum absolute atomic E-state index is 0.480. The van der Waals surface area contributed by atoms with Gasteiger partial charge in [0, 0.05) is 14.2 Å². The van der Waals surface area contributed by atoms with E-state index in [2.05, 4.69) is 0 Å². The number of nitrogens with zero attached hydrogens (tertiary/aromatic N) is 1. The van der Waals surface area contributed by atoms with E-state index in [0.717, 1.165) is 10.6 Å². The number of nitrogens with two attached hydrogens (primary N) is 1. The van der Waals surface area contributed by atoms with Gasteiger partial charge in [-0.05, 0) is 24.6 Å². The van der Waals surface area contributed by atoms with Crippen LogP contribution in [-0.2, 0) is 20.1 Å². The van der Waals surface area contributed by atoms with Crippen LogP contribution in [0.25, 0.3) is 0 Å². The molecule has 0 aliphatic carbocycles. The third-order valence-corrected chi connectivity index (χ3v) is 3.11. The number of hydrogen-bond donors (Lipinski definition) is 1. The topological polar surface area (TPSA) is 74.0 Å². The maximum absolute atomic E-state index is 12.2. The Hall–Kier alpha value is -1.63. The van der Waals surface area contributed by atoms with Crippen LogP contribution < -0.4 is 15.6 Å². The lowest BCUT2D eigenvalue weighted by Gasteiger charge is -2.25. The number of anilines is 1. The fraction of sp³-hybridized carbons (Fsp3) is 0.417. The molecule has 0 atom stereocenters. The smallest absolute Gasteiger partial charge is 0.306 e. The van der Waals surface area contributed by atoms with E-state index in [9.17, 15) is 4.79 Å². The van der Waals surface area contributed by atoms with Gasteiger partial charge in [-0.2, -0.15) is 0 Å². The van der Waals surface area contributed by atoms with Crippen molar-refractivity contribution in [1.82, 2.24) is 0 Å². The Morgan fingerprint density at radius 1 is 1.22 bits per heavy atom. The number of ether oxygens (including phenoxy) is 3. The van der Waals surface area contributed by atoms with Crippen molar-refractivity contribution in [1.29, 1.82) is 0 Å². The number of hydrogen-bond acceptors (Lipinski definition) is 5. The first-order valence-electron chi connectivity index (χ1n) is 5.40. The maximum atomic E-state index is 12.2. The number of benzene rings is 1. The number of rotatable bonds is 3. The Kier molecular flexibility index (Phi) is 3.02. The molecule has 0 saturated heterocycles. The van der Waals surface area contributed by atoms with Crippen molar-refractivity contribution < 1.29 is 19.0 Å². The zero-order valence-electron chi connectivity index (χ0n) is 10.8. The minimum Gasteiger partial charge on any atom is -0.496 e. The molecule has 0 saturated carbocycles. The molecule has 2 rings (SSSR count). The molecule has 1 aliphatic heterocycles. The van der Waals surface area contributed by atoms with Crippen molar-refractivity contribution >= 4 is 11.6 Å². The van der Waals surface area contributed by atoms with Crippen LogP contribution in [0.15, 0.2) is 12.1 Å². The molecule has 1 aromatic rings. The number of amides is 1. The molecule has 0 bridgehead atoms. The molecular weight excluding hydrogens is 236 g/mol. The van der Waals surface area contributed by atoms with Crippen LogP contribution in [0.3, 0.4) is 0 Å². The second kappa shape index (κ2) is 4.24. The third-order valence-electron chi connectivity index (χ3n) is 3.11. The predicted molar refractivity (Wildman–Crippen MR) is 65.1 cm³/mol. The summed E-state index contributed by atoms with van der Waals surface area (Å²) in [7, 11) is 4.31. The first-order valence-corrected chi connectivity index (χ1v) is 5.40. The van der Waals surface area contributed by atoms with Crippen LogP contribution in [0.2, 0.25) is 0 Å². The molecule has 0 fully saturated rings. The molecule has 0 unspecified atom stereocenters. The van der Waals surface area contributed by atoms with Crippen LogP contribution in [0, 0.1) is 6.92 Å². The van der Waals surface area contributed by atoms with Gasteiger partial charge in [0.05, 0.1) is 18.4 Å². The minimum atomic E-state index is -1.54. The largest absolute Gasteiger partial charge is 0.496 e. The Bertz CT molecular complexity index is 497. The molecule has 6 nitrogen and oxygen atoms in total. The lowest BCUT2D eigenvalue weighted by Crippen LogP contribution is -2.46. The molecule has 1 aromatic carbocycles. The summed E-state index contributed by atoms with van der Waals surface area (Å²) in [6.45, 7) is 1.89. The average Bonchev–Trinajstić information content (AvgIpc) is 2.59. The summed E-state index contributed by atoms with van der Waals surface area (Å²) < 4.78 is 15.8. The van der Waals surface area contributed by atoms with Gasteiger partial charge in [-0.1, -0.05) is 0 Å². The fourth-order valence-corrected chi connectivity index (χ4v) is 2.25. The second-order valence-corrected chi connectivity index (χ2v) is 4.06. The Morgan fingerprint density at radius 3 is 2.33 bits per heavy atom. The van der Waals surface area contributed by atoms with E-state index >= 15 is 0 Å². The molecule has 6 heteroatoms. The van der Waals surface area contributed by atoms with Gasteiger partial charge < -0.3 is 14.2 Å². The van der Waals surface area contributed by atoms with Gasteiger partial charge in [0.2, 0.25) is 0 Å². The quantitative estimate of drug-likeness (QED) is 0.486. The van der Waals surface area contributed by atoms with Gasteiger partial charge in [0.15, 0.2) is 0 Å². The monoisotopic (exact) mass is 252 g/mol. The molecular formula is C12H16N2O4. The molecule has 1 heterocycles. The van der Waals surface area contributed by atoms with Crippen LogP contribution in [0.4, 0.5) is 5.69 Å². The molecule has 1 amide bonds. The molecule has 2 N–H and O–H groups in total. The lowest BCUT2D eigenvalue weighted by molar-refractivity contribution is -0.209. The summed E-state index contributed by atoms with van der Waals surface area (Å²) in [4.78, 5) is 12.2.